The van der Waals surface area contributed by atoms with Gasteiger partial charge in [0.2, 0.25) is 0 Å². The van der Waals surface area contributed by atoms with E-state index in [1.165, 1.54) is 24.3 Å². The third kappa shape index (κ3) is 6.25. The van der Waals surface area contributed by atoms with Gasteiger partial charge in [0.15, 0.2) is 0 Å². The first kappa shape index (κ1) is 21.2. The van der Waals surface area contributed by atoms with Crippen LogP contribution in [0.3, 0.4) is 0 Å². The standard InChI is InChI=1S/C19H21F3O4S/c1-14-7-9-17(10-8-14)27(23,24)25-12-11-18(2,3)26-16-6-4-5-15(13-16)19(20,21)22/h4-10,13H,11-12H2,1-3H3. The number of alkyl halides is 3. The van der Waals surface area contributed by atoms with E-state index in [2.05, 4.69) is 0 Å². The Kier molecular flexibility index (Phi) is 6.21. The third-order valence-electron chi connectivity index (χ3n) is 3.81. The van der Waals surface area contributed by atoms with E-state index >= 15 is 0 Å². The van der Waals surface area contributed by atoms with E-state index in [0.717, 1.165) is 17.7 Å². The lowest BCUT2D eigenvalue weighted by molar-refractivity contribution is -0.137. The number of halogens is 3. The van der Waals surface area contributed by atoms with Crippen molar-refractivity contribution in [2.24, 2.45) is 0 Å². The van der Waals surface area contributed by atoms with E-state index in [-0.39, 0.29) is 23.7 Å². The summed E-state index contributed by atoms with van der Waals surface area (Å²) >= 11 is 0. The first-order valence-corrected chi connectivity index (χ1v) is 9.62. The Morgan fingerprint density at radius 2 is 1.63 bits per heavy atom. The summed E-state index contributed by atoms with van der Waals surface area (Å²) in [5, 5.41) is 0. The molecular formula is C19H21F3O4S. The highest BCUT2D eigenvalue weighted by molar-refractivity contribution is 7.86. The highest BCUT2D eigenvalue weighted by atomic mass is 32.2. The van der Waals surface area contributed by atoms with Gasteiger partial charge in [0.25, 0.3) is 10.1 Å². The molecule has 27 heavy (non-hydrogen) atoms. The lowest BCUT2D eigenvalue weighted by Crippen LogP contribution is -2.30. The monoisotopic (exact) mass is 402 g/mol. The van der Waals surface area contributed by atoms with E-state index in [9.17, 15) is 21.6 Å². The van der Waals surface area contributed by atoms with Crippen molar-refractivity contribution in [3.63, 3.8) is 0 Å². The average Bonchev–Trinajstić information content (AvgIpc) is 2.54. The van der Waals surface area contributed by atoms with Gasteiger partial charge in [0, 0.05) is 6.42 Å². The van der Waals surface area contributed by atoms with Crippen molar-refractivity contribution in [2.45, 2.75) is 43.9 Å². The van der Waals surface area contributed by atoms with Crippen LogP contribution in [-0.4, -0.2) is 20.6 Å². The molecule has 0 aliphatic rings. The molecule has 0 spiro atoms. The topological polar surface area (TPSA) is 52.6 Å². The van der Waals surface area contributed by atoms with Gasteiger partial charge in [-0.1, -0.05) is 23.8 Å². The molecule has 0 saturated carbocycles. The molecule has 0 bridgehead atoms. The van der Waals surface area contributed by atoms with Gasteiger partial charge in [0.1, 0.15) is 11.4 Å². The summed E-state index contributed by atoms with van der Waals surface area (Å²) in [7, 11) is -3.90. The molecule has 2 rings (SSSR count). The van der Waals surface area contributed by atoms with Crippen LogP contribution in [-0.2, 0) is 20.5 Å². The van der Waals surface area contributed by atoms with Crippen LogP contribution in [0.25, 0.3) is 0 Å². The summed E-state index contributed by atoms with van der Waals surface area (Å²) < 4.78 is 73.3. The summed E-state index contributed by atoms with van der Waals surface area (Å²) in [5.41, 5.74) is -0.814. The van der Waals surface area contributed by atoms with Crippen molar-refractivity contribution >= 4 is 10.1 Å². The molecule has 0 unspecified atom stereocenters. The second-order valence-corrected chi connectivity index (χ2v) is 8.34. The number of rotatable bonds is 7. The molecule has 148 valence electrons. The van der Waals surface area contributed by atoms with Crippen molar-refractivity contribution in [2.75, 3.05) is 6.61 Å². The molecule has 8 heteroatoms. The van der Waals surface area contributed by atoms with Crippen molar-refractivity contribution < 1.29 is 30.5 Å². The Hall–Kier alpha value is -2.06. The maximum atomic E-state index is 12.8. The van der Waals surface area contributed by atoms with Crippen molar-refractivity contribution in [1.29, 1.82) is 0 Å². The zero-order valence-corrected chi connectivity index (χ0v) is 16.0. The summed E-state index contributed by atoms with van der Waals surface area (Å²) in [6.07, 6.45) is -4.30. The van der Waals surface area contributed by atoms with E-state index in [0.29, 0.717) is 0 Å². The molecule has 0 fully saturated rings. The van der Waals surface area contributed by atoms with E-state index < -0.39 is 27.5 Å². The SMILES string of the molecule is Cc1ccc(S(=O)(=O)OCCC(C)(C)Oc2cccc(C(F)(F)F)c2)cc1. The van der Waals surface area contributed by atoms with Crippen LogP contribution >= 0.6 is 0 Å². The van der Waals surface area contributed by atoms with Crippen LogP contribution in [0.5, 0.6) is 5.75 Å². The molecule has 0 N–H and O–H groups in total. The number of aryl methyl sites for hydroxylation is 1. The van der Waals surface area contributed by atoms with Crippen LogP contribution in [0, 0.1) is 6.92 Å². The lowest BCUT2D eigenvalue weighted by Gasteiger charge is -2.26. The van der Waals surface area contributed by atoms with Gasteiger partial charge in [-0.25, -0.2) is 0 Å². The van der Waals surface area contributed by atoms with Crippen molar-refractivity contribution in [3.8, 4) is 5.75 Å². The van der Waals surface area contributed by atoms with E-state index in [4.69, 9.17) is 8.92 Å². The molecule has 0 aliphatic heterocycles. The van der Waals surface area contributed by atoms with Gasteiger partial charge in [-0.3, -0.25) is 4.18 Å². The van der Waals surface area contributed by atoms with E-state index in [1.807, 2.05) is 6.92 Å². The summed E-state index contributed by atoms with van der Waals surface area (Å²) in [6.45, 7) is 4.97. The summed E-state index contributed by atoms with van der Waals surface area (Å²) in [4.78, 5) is 0.0460. The first-order chi connectivity index (χ1) is 12.4. The minimum absolute atomic E-state index is 0.0460. The smallest absolute Gasteiger partial charge is 0.416 e. The maximum absolute atomic E-state index is 12.8. The number of hydrogen-bond donors (Lipinski definition) is 0. The van der Waals surface area contributed by atoms with Gasteiger partial charge in [-0.15, -0.1) is 0 Å². The van der Waals surface area contributed by atoms with Crippen LogP contribution < -0.4 is 4.74 Å². The molecule has 2 aromatic carbocycles. The van der Waals surface area contributed by atoms with Crippen molar-refractivity contribution in [1.82, 2.24) is 0 Å². The second kappa shape index (κ2) is 7.90. The Balaban J connectivity index is 1.97. The highest BCUT2D eigenvalue weighted by Crippen LogP contribution is 2.32. The summed E-state index contributed by atoms with van der Waals surface area (Å²) in [5.74, 6) is 0.0521. The van der Waals surface area contributed by atoms with Crippen molar-refractivity contribution in [3.05, 3.63) is 59.7 Å². The predicted octanol–water partition coefficient (Wildman–Crippen LogP) is 4.97. The lowest BCUT2D eigenvalue weighted by atomic mass is 10.1. The average molecular weight is 402 g/mol. The molecule has 0 saturated heterocycles. The Morgan fingerprint density at radius 3 is 2.22 bits per heavy atom. The Labute approximate surface area is 157 Å². The fraction of sp³-hybridized carbons (Fsp3) is 0.368. The molecule has 0 atom stereocenters. The molecule has 4 nitrogen and oxygen atoms in total. The fourth-order valence-corrected chi connectivity index (χ4v) is 3.18. The normalized spacial score (nSPS) is 12.8. The zero-order valence-electron chi connectivity index (χ0n) is 15.2. The van der Waals surface area contributed by atoms with Gasteiger partial charge in [-0.2, -0.15) is 21.6 Å². The van der Waals surface area contributed by atoms with Gasteiger partial charge < -0.3 is 4.74 Å². The largest absolute Gasteiger partial charge is 0.488 e. The first-order valence-electron chi connectivity index (χ1n) is 8.21. The van der Waals surface area contributed by atoms with Crippen LogP contribution in [0.4, 0.5) is 13.2 Å². The molecule has 0 aromatic heterocycles. The second-order valence-electron chi connectivity index (χ2n) is 6.73. The minimum Gasteiger partial charge on any atom is -0.488 e. The number of benzene rings is 2. The molecule has 0 heterocycles. The van der Waals surface area contributed by atoms with E-state index in [1.54, 1.807) is 26.0 Å². The Bertz CT molecular complexity index is 873. The molecule has 2 aromatic rings. The highest BCUT2D eigenvalue weighted by Gasteiger charge is 2.31. The molecule has 0 radical (unpaired) electrons. The predicted molar refractivity (Wildman–Crippen MR) is 95.1 cm³/mol. The number of hydrogen-bond acceptors (Lipinski definition) is 4. The van der Waals surface area contributed by atoms with Gasteiger partial charge in [-0.05, 0) is 51.1 Å². The quantitative estimate of drug-likeness (QED) is 0.614. The van der Waals surface area contributed by atoms with Crippen LogP contribution in [0.15, 0.2) is 53.4 Å². The van der Waals surface area contributed by atoms with Crippen LogP contribution in [0.1, 0.15) is 31.4 Å². The van der Waals surface area contributed by atoms with Gasteiger partial charge in [0.05, 0.1) is 17.1 Å². The summed E-state index contributed by atoms with van der Waals surface area (Å²) in [6, 6.07) is 10.8. The number of ether oxygens (including phenoxy) is 1. The zero-order chi connectivity index (χ0) is 20.3. The minimum atomic E-state index is -4.46. The fourth-order valence-electron chi connectivity index (χ4n) is 2.28. The van der Waals surface area contributed by atoms with Crippen LogP contribution in [0.2, 0.25) is 0 Å². The molecule has 0 amide bonds. The maximum Gasteiger partial charge on any atom is 0.416 e. The van der Waals surface area contributed by atoms with Gasteiger partial charge >= 0.3 is 6.18 Å². The Morgan fingerprint density at radius 1 is 1.00 bits per heavy atom. The molecular weight excluding hydrogens is 381 g/mol. The molecule has 0 aliphatic carbocycles. The third-order valence-corrected chi connectivity index (χ3v) is 5.13.